The first kappa shape index (κ1) is 16.6. The van der Waals surface area contributed by atoms with E-state index in [4.69, 9.17) is 9.47 Å². The molecule has 26 heavy (non-hydrogen) atoms. The van der Waals surface area contributed by atoms with E-state index in [1.807, 2.05) is 48.0 Å². The third-order valence-electron chi connectivity index (χ3n) is 4.71. The second kappa shape index (κ2) is 6.83. The van der Waals surface area contributed by atoms with E-state index in [9.17, 15) is 4.79 Å². The lowest BCUT2D eigenvalue weighted by molar-refractivity contribution is 0.0991. The molecule has 134 valence electrons. The van der Waals surface area contributed by atoms with Crippen LogP contribution in [0.5, 0.6) is 11.5 Å². The van der Waals surface area contributed by atoms with Crippen molar-refractivity contribution in [3.8, 4) is 11.5 Å². The fraction of sp³-hybridized carbons (Fsp3) is 0.333. The maximum absolute atomic E-state index is 12.8. The van der Waals surface area contributed by atoms with Crippen molar-refractivity contribution < 1.29 is 14.3 Å². The number of ketones is 1. The first-order chi connectivity index (χ1) is 12.7. The summed E-state index contributed by atoms with van der Waals surface area (Å²) in [6.45, 7) is 5.26. The predicted molar refractivity (Wildman–Crippen MR) is 99.4 cm³/mol. The molecule has 0 radical (unpaired) electrons. The minimum Gasteiger partial charge on any atom is -0.493 e. The Labute approximate surface area is 152 Å². The van der Waals surface area contributed by atoms with Gasteiger partial charge in [0.15, 0.2) is 5.78 Å². The maximum atomic E-state index is 12.8. The molecular formula is C21H22N2O3. The highest BCUT2D eigenvalue weighted by Gasteiger charge is 2.17. The van der Waals surface area contributed by atoms with Gasteiger partial charge < -0.3 is 13.9 Å². The molecule has 0 atom stereocenters. The molecule has 0 bridgehead atoms. The molecule has 0 fully saturated rings. The minimum atomic E-state index is 0.0550. The van der Waals surface area contributed by atoms with Crippen molar-refractivity contribution in [2.24, 2.45) is 0 Å². The van der Waals surface area contributed by atoms with Crippen molar-refractivity contribution in [1.29, 1.82) is 0 Å². The van der Waals surface area contributed by atoms with E-state index in [0.717, 1.165) is 41.2 Å². The van der Waals surface area contributed by atoms with E-state index in [1.165, 1.54) is 5.56 Å². The lowest BCUT2D eigenvalue weighted by Gasteiger charge is -2.11. The number of pyridine rings is 1. The minimum absolute atomic E-state index is 0.0550. The molecule has 1 aliphatic rings. The van der Waals surface area contributed by atoms with E-state index < -0.39 is 0 Å². The van der Waals surface area contributed by atoms with Gasteiger partial charge in [-0.15, -0.1) is 0 Å². The van der Waals surface area contributed by atoms with Gasteiger partial charge in [-0.1, -0.05) is 19.1 Å². The summed E-state index contributed by atoms with van der Waals surface area (Å²) in [5.74, 6) is 1.61. The number of aromatic nitrogens is 2. The number of aryl methyl sites for hydroxylation is 1. The monoisotopic (exact) mass is 350 g/mol. The topological polar surface area (TPSA) is 52.8 Å². The van der Waals surface area contributed by atoms with Crippen LogP contribution in [0.15, 0.2) is 36.7 Å². The van der Waals surface area contributed by atoms with Crippen LogP contribution >= 0.6 is 0 Å². The van der Waals surface area contributed by atoms with E-state index >= 15 is 0 Å². The lowest BCUT2D eigenvalue weighted by Crippen LogP contribution is -2.07. The predicted octanol–water partition coefficient (Wildman–Crippen LogP) is 3.66. The summed E-state index contributed by atoms with van der Waals surface area (Å²) in [4.78, 5) is 17.4. The molecule has 3 aromatic rings. The lowest BCUT2D eigenvalue weighted by atomic mass is 10.0. The highest BCUT2D eigenvalue weighted by atomic mass is 16.5. The summed E-state index contributed by atoms with van der Waals surface area (Å²) < 4.78 is 13.3. The number of imidazole rings is 1. The van der Waals surface area contributed by atoms with E-state index in [2.05, 4.69) is 11.9 Å². The fourth-order valence-corrected chi connectivity index (χ4v) is 3.32. The highest BCUT2D eigenvalue weighted by molar-refractivity contribution is 5.98. The molecule has 4 rings (SSSR count). The molecule has 0 unspecified atom stereocenters. The molecule has 3 heterocycles. The van der Waals surface area contributed by atoms with Gasteiger partial charge >= 0.3 is 0 Å². The van der Waals surface area contributed by atoms with Crippen LogP contribution in [0.2, 0.25) is 0 Å². The molecule has 2 aromatic heterocycles. The zero-order valence-corrected chi connectivity index (χ0v) is 15.1. The molecule has 0 saturated heterocycles. The van der Waals surface area contributed by atoms with Gasteiger partial charge in [0.05, 0.1) is 18.9 Å². The van der Waals surface area contributed by atoms with Gasteiger partial charge in [0.25, 0.3) is 0 Å². The summed E-state index contributed by atoms with van der Waals surface area (Å²) in [5, 5.41) is 0. The Balaban J connectivity index is 1.66. The molecule has 0 spiro atoms. The van der Waals surface area contributed by atoms with Crippen molar-refractivity contribution >= 4 is 11.4 Å². The average Bonchev–Trinajstić information content (AvgIpc) is 3.27. The normalized spacial score (nSPS) is 12.8. The van der Waals surface area contributed by atoms with Gasteiger partial charge in [0.1, 0.15) is 17.1 Å². The standard InChI is InChI=1S/C21H22N2O3/c1-3-17-13-23-12-16(20(25-4-2)11-21(23)22-17)9-18(24)15-6-5-14-7-8-26-19(14)10-15/h5-6,10-13H,3-4,7-9H2,1-2H3. The third-order valence-corrected chi connectivity index (χ3v) is 4.71. The Kier molecular flexibility index (Phi) is 4.37. The first-order valence-electron chi connectivity index (χ1n) is 9.10. The molecule has 0 amide bonds. The van der Waals surface area contributed by atoms with Crippen LogP contribution in [0.4, 0.5) is 0 Å². The van der Waals surface area contributed by atoms with Crippen LogP contribution < -0.4 is 9.47 Å². The number of fused-ring (bicyclic) bond motifs is 2. The average molecular weight is 350 g/mol. The Morgan fingerprint density at radius 3 is 2.96 bits per heavy atom. The second-order valence-corrected chi connectivity index (χ2v) is 6.47. The van der Waals surface area contributed by atoms with E-state index in [0.29, 0.717) is 18.8 Å². The molecular weight excluding hydrogens is 328 g/mol. The number of hydrogen-bond acceptors (Lipinski definition) is 4. The number of nitrogens with zero attached hydrogens (tertiary/aromatic N) is 2. The summed E-state index contributed by atoms with van der Waals surface area (Å²) in [6, 6.07) is 7.65. The number of hydrogen-bond donors (Lipinski definition) is 0. The Hall–Kier alpha value is -2.82. The Bertz CT molecular complexity index is 975. The van der Waals surface area contributed by atoms with Crippen LogP contribution in [0.25, 0.3) is 5.65 Å². The summed E-state index contributed by atoms with van der Waals surface area (Å²) in [7, 11) is 0. The van der Waals surface area contributed by atoms with Gasteiger partial charge in [-0.05, 0) is 25.0 Å². The molecule has 5 nitrogen and oxygen atoms in total. The number of benzene rings is 1. The Morgan fingerprint density at radius 2 is 2.15 bits per heavy atom. The molecule has 5 heteroatoms. The number of carbonyl (C=O) groups excluding carboxylic acids is 1. The van der Waals surface area contributed by atoms with Crippen molar-refractivity contribution in [3.05, 3.63) is 59.0 Å². The SMILES string of the molecule is CCOc1cc2nc(CC)cn2cc1CC(=O)c1ccc2c(c1)OCC2. The number of Topliss-reactive ketones (excluding diaryl/α,β-unsaturated/α-hetero) is 1. The fourth-order valence-electron chi connectivity index (χ4n) is 3.32. The summed E-state index contributed by atoms with van der Waals surface area (Å²) in [6.07, 6.45) is 6.02. The first-order valence-corrected chi connectivity index (χ1v) is 9.10. The third kappa shape index (κ3) is 3.05. The van der Waals surface area contributed by atoms with Gasteiger partial charge in [-0.25, -0.2) is 4.98 Å². The van der Waals surface area contributed by atoms with Crippen molar-refractivity contribution in [2.75, 3.05) is 13.2 Å². The van der Waals surface area contributed by atoms with Gasteiger partial charge in [0, 0.05) is 42.4 Å². The second-order valence-electron chi connectivity index (χ2n) is 6.47. The number of rotatable bonds is 6. The molecule has 0 saturated carbocycles. The Morgan fingerprint density at radius 1 is 1.27 bits per heavy atom. The number of carbonyl (C=O) groups is 1. The van der Waals surface area contributed by atoms with E-state index in [1.54, 1.807) is 0 Å². The summed E-state index contributed by atoms with van der Waals surface area (Å²) in [5.41, 5.74) is 4.57. The van der Waals surface area contributed by atoms with E-state index in [-0.39, 0.29) is 12.2 Å². The van der Waals surface area contributed by atoms with Gasteiger partial charge in [0.2, 0.25) is 0 Å². The maximum Gasteiger partial charge on any atom is 0.167 e. The van der Waals surface area contributed by atoms with Crippen LogP contribution in [0, 0.1) is 0 Å². The van der Waals surface area contributed by atoms with Gasteiger partial charge in [-0.3, -0.25) is 4.79 Å². The molecule has 0 N–H and O–H groups in total. The highest BCUT2D eigenvalue weighted by Crippen LogP contribution is 2.28. The zero-order chi connectivity index (χ0) is 18.1. The largest absolute Gasteiger partial charge is 0.493 e. The van der Waals surface area contributed by atoms with Crippen LogP contribution in [-0.2, 0) is 19.3 Å². The summed E-state index contributed by atoms with van der Waals surface area (Å²) >= 11 is 0. The number of ether oxygens (including phenoxy) is 2. The van der Waals surface area contributed by atoms with Gasteiger partial charge in [-0.2, -0.15) is 0 Å². The molecule has 1 aliphatic heterocycles. The molecule has 1 aromatic carbocycles. The molecule has 0 aliphatic carbocycles. The van der Waals surface area contributed by atoms with Crippen LogP contribution in [0.3, 0.4) is 0 Å². The zero-order valence-electron chi connectivity index (χ0n) is 15.1. The quantitative estimate of drug-likeness (QED) is 0.637. The van der Waals surface area contributed by atoms with Crippen molar-refractivity contribution in [3.63, 3.8) is 0 Å². The van der Waals surface area contributed by atoms with Crippen molar-refractivity contribution in [1.82, 2.24) is 9.38 Å². The smallest absolute Gasteiger partial charge is 0.167 e. The van der Waals surface area contributed by atoms with Crippen molar-refractivity contribution in [2.45, 2.75) is 33.1 Å². The van der Waals surface area contributed by atoms with Crippen LogP contribution in [-0.4, -0.2) is 28.4 Å². The van der Waals surface area contributed by atoms with Crippen LogP contribution in [0.1, 0.15) is 41.0 Å².